The van der Waals surface area contributed by atoms with Crippen molar-refractivity contribution in [1.82, 2.24) is 0 Å². The topological polar surface area (TPSA) is 95.5 Å². The highest BCUT2D eigenvalue weighted by Gasteiger charge is 2.17. The number of phenols is 1. The van der Waals surface area contributed by atoms with Crippen molar-refractivity contribution in [2.75, 3.05) is 10.0 Å². The summed E-state index contributed by atoms with van der Waals surface area (Å²) in [5, 5.41) is 14.1. The maximum absolute atomic E-state index is 13.2. The molecule has 134 valence electrons. The van der Waals surface area contributed by atoms with Gasteiger partial charge in [0.25, 0.3) is 15.9 Å². The maximum Gasteiger partial charge on any atom is 0.271 e. The number of hydrogen-bond acceptors (Lipinski definition) is 5. The number of carbonyl (C=O) groups excluding carboxylic acids is 1. The number of phenolic OH excluding ortho intramolecular Hbond substituents is 1. The number of aromatic hydroxyl groups is 1. The molecule has 0 bridgehead atoms. The molecule has 0 spiro atoms. The lowest BCUT2D eigenvalue weighted by Gasteiger charge is -2.10. The van der Waals surface area contributed by atoms with Gasteiger partial charge in [0.2, 0.25) is 0 Å². The summed E-state index contributed by atoms with van der Waals surface area (Å²) in [6.45, 7) is 0. The van der Waals surface area contributed by atoms with Gasteiger partial charge in [-0.3, -0.25) is 9.52 Å². The second-order valence-electron chi connectivity index (χ2n) is 5.23. The van der Waals surface area contributed by atoms with E-state index in [1.165, 1.54) is 36.4 Å². The molecule has 0 aliphatic rings. The Kier molecular flexibility index (Phi) is 4.92. The number of hydrogen-bond donors (Lipinski definition) is 3. The standard InChI is InChI=1S/C17H13FN2O4S2/c18-11-3-1-4-12(9-11)19-17(22)14-7-6-13(10-15(14)21)20-26(23,24)16-5-2-8-25-16/h1-10,20-21H,(H,19,22). The van der Waals surface area contributed by atoms with Gasteiger partial charge in [-0.05, 0) is 41.8 Å². The van der Waals surface area contributed by atoms with Crippen molar-refractivity contribution in [2.45, 2.75) is 4.21 Å². The molecule has 0 saturated carbocycles. The molecule has 0 aliphatic carbocycles. The van der Waals surface area contributed by atoms with Gasteiger partial charge in [0.05, 0.1) is 11.3 Å². The van der Waals surface area contributed by atoms with E-state index in [0.717, 1.165) is 23.5 Å². The second kappa shape index (κ2) is 7.14. The van der Waals surface area contributed by atoms with Crippen molar-refractivity contribution in [2.24, 2.45) is 0 Å². The van der Waals surface area contributed by atoms with Crippen molar-refractivity contribution in [3.63, 3.8) is 0 Å². The molecule has 9 heteroatoms. The quantitative estimate of drug-likeness (QED) is 0.618. The van der Waals surface area contributed by atoms with Gasteiger partial charge >= 0.3 is 0 Å². The Labute approximate surface area is 153 Å². The van der Waals surface area contributed by atoms with Crippen LogP contribution in [0.5, 0.6) is 5.75 Å². The van der Waals surface area contributed by atoms with Crippen LogP contribution in [0.1, 0.15) is 10.4 Å². The van der Waals surface area contributed by atoms with E-state index in [9.17, 15) is 22.7 Å². The van der Waals surface area contributed by atoms with Crippen LogP contribution in [0.4, 0.5) is 15.8 Å². The molecule has 0 radical (unpaired) electrons. The first-order chi connectivity index (χ1) is 12.3. The molecule has 26 heavy (non-hydrogen) atoms. The van der Waals surface area contributed by atoms with Crippen LogP contribution in [-0.2, 0) is 10.0 Å². The van der Waals surface area contributed by atoms with Gasteiger partial charge in [0.1, 0.15) is 15.8 Å². The first-order valence-electron chi connectivity index (χ1n) is 7.31. The third-order valence-electron chi connectivity index (χ3n) is 3.34. The van der Waals surface area contributed by atoms with Crippen molar-refractivity contribution in [3.8, 4) is 5.75 Å². The minimum Gasteiger partial charge on any atom is -0.507 e. The Bertz CT molecular complexity index is 1050. The molecule has 0 unspecified atom stereocenters. The van der Waals surface area contributed by atoms with Gasteiger partial charge in [-0.2, -0.15) is 0 Å². The molecular weight excluding hydrogens is 379 g/mol. The number of rotatable bonds is 5. The Morgan fingerprint density at radius 1 is 1.04 bits per heavy atom. The molecule has 0 fully saturated rings. The summed E-state index contributed by atoms with van der Waals surface area (Å²) < 4.78 is 40.0. The molecule has 6 nitrogen and oxygen atoms in total. The first kappa shape index (κ1) is 17.9. The fourth-order valence-electron chi connectivity index (χ4n) is 2.17. The number of thiophene rings is 1. The smallest absolute Gasteiger partial charge is 0.271 e. The molecule has 3 N–H and O–H groups in total. The van der Waals surface area contributed by atoms with E-state index in [2.05, 4.69) is 10.0 Å². The van der Waals surface area contributed by atoms with Crippen LogP contribution in [0.2, 0.25) is 0 Å². The molecule has 0 aliphatic heterocycles. The highest BCUT2D eigenvalue weighted by atomic mass is 32.2. The maximum atomic E-state index is 13.2. The van der Waals surface area contributed by atoms with E-state index in [0.29, 0.717) is 0 Å². The van der Waals surface area contributed by atoms with E-state index in [-0.39, 0.29) is 21.1 Å². The lowest BCUT2D eigenvalue weighted by atomic mass is 10.1. The molecule has 3 aromatic rings. The molecule has 0 atom stereocenters. The first-order valence-corrected chi connectivity index (χ1v) is 9.68. The number of anilines is 2. The zero-order valence-electron chi connectivity index (χ0n) is 13.1. The van der Waals surface area contributed by atoms with E-state index < -0.39 is 27.5 Å². The fraction of sp³-hybridized carbons (Fsp3) is 0. The summed E-state index contributed by atoms with van der Waals surface area (Å²) in [7, 11) is -3.76. The second-order valence-corrected chi connectivity index (χ2v) is 8.09. The zero-order valence-corrected chi connectivity index (χ0v) is 14.8. The van der Waals surface area contributed by atoms with E-state index >= 15 is 0 Å². The molecule has 2 aromatic carbocycles. The van der Waals surface area contributed by atoms with E-state index in [1.807, 2.05) is 0 Å². The normalized spacial score (nSPS) is 11.1. The summed E-state index contributed by atoms with van der Waals surface area (Å²) in [6, 6.07) is 12.1. The number of amides is 1. The number of nitrogens with one attached hydrogen (secondary N) is 2. The summed E-state index contributed by atoms with van der Waals surface area (Å²) in [5.41, 5.74) is 0.267. The molecule has 1 heterocycles. The zero-order chi connectivity index (χ0) is 18.7. The molecule has 1 amide bonds. The highest BCUT2D eigenvalue weighted by molar-refractivity contribution is 7.94. The van der Waals surface area contributed by atoms with Crippen LogP contribution >= 0.6 is 11.3 Å². The predicted octanol–water partition coefficient (Wildman–Crippen LogP) is 3.65. The lowest BCUT2D eigenvalue weighted by Crippen LogP contribution is -2.14. The summed E-state index contributed by atoms with van der Waals surface area (Å²) in [4.78, 5) is 12.2. The van der Waals surface area contributed by atoms with Crippen LogP contribution in [-0.4, -0.2) is 19.4 Å². The number of benzene rings is 2. The third-order valence-corrected chi connectivity index (χ3v) is 6.12. The Balaban J connectivity index is 1.78. The Hall–Kier alpha value is -2.91. The number of carbonyl (C=O) groups is 1. The average molecular weight is 392 g/mol. The van der Waals surface area contributed by atoms with Gasteiger partial charge in [0, 0.05) is 11.8 Å². The van der Waals surface area contributed by atoms with Crippen LogP contribution in [0.15, 0.2) is 64.2 Å². The molecule has 0 saturated heterocycles. The molecular formula is C17H13FN2O4S2. The minimum absolute atomic E-state index is 0.0756. The minimum atomic E-state index is -3.76. The van der Waals surface area contributed by atoms with Crippen molar-refractivity contribution in [1.29, 1.82) is 0 Å². The van der Waals surface area contributed by atoms with Gasteiger partial charge < -0.3 is 10.4 Å². The summed E-state index contributed by atoms with van der Waals surface area (Å²) in [5.74, 6) is -1.57. The fourth-order valence-corrected chi connectivity index (χ4v) is 4.22. The van der Waals surface area contributed by atoms with Crippen molar-refractivity contribution < 1.29 is 22.7 Å². The van der Waals surface area contributed by atoms with Crippen LogP contribution < -0.4 is 10.0 Å². The van der Waals surface area contributed by atoms with Crippen LogP contribution in [0, 0.1) is 5.82 Å². The monoisotopic (exact) mass is 392 g/mol. The number of sulfonamides is 1. The van der Waals surface area contributed by atoms with Gasteiger partial charge in [-0.15, -0.1) is 11.3 Å². The van der Waals surface area contributed by atoms with Crippen LogP contribution in [0.25, 0.3) is 0 Å². The van der Waals surface area contributed by atoms with Gasteiger partial charge in [-0.25, -0.2) is 12.8 Å². The van der Waals surface area contributed by atoms with E-state index in [4.69, 9.17) is 0 Å². The van der Waals surface area contributed by atoms with Gasteiger partial charge in [0.15, 0.2) is 0 Å². The predicted molar refractivity (Wildman–Crippen MR) is 97.6 cm³/mol. The van der Waals surface area contributed by atoms with Gasteiger partial charge in [-0.1, -0.05) is 12.1 Å². The summed E-state index contributed by atoms with van der Waals surface area (Å²) in [6.07, 6.45) is 0. The third kappa shape index (κ3) is 4.01. The SMILES string of the molecule is O=C(Nc1cccc(F)c1)c1ccc(NS(=O)(=O)c2cccs2)cc1O. The lowest BCUT2D eigenvalue weighted by molar-refractivity contribution is 0.102. The Morgan fingerprint density at radius 3 is 2.50 bits per heavy atom. The largest absolute Gasteiger partial charge is 0.507 e. The Morgan fingerprint density at radius 2 is 1.85 bits per heavy atom. The van der Waals surface area contributed by atoms with E-state index in [1.54, 1.807) is 11.4 Å². The van der Waals surface area contributed by atoms with Crippen LogP contribution in [0.3, 0.4) is 0 Å². The van der Waals surface area contributed by atoms with Crippen molar-refractivity contribution >= 4 is 38.6 Å². The highest BCUT2D eigenvalue weighted by Crippen LogP contribution is 2.26. The number of halogens is 1. The summed E-state index contributed by atoms with van der Waals surface area (Å²) >= 11 is 1.06. The van der Waals surface area contributed by atoms with Crippen molar-refractivity contribution in [3.05, 3.63) is 71.4 Å². The molecule has 1 aromatic heterocycles. The average Bonchev–Trinajstić information content (AvgIpc) is 3.10. The molecule has 3 rings (SSSR count).